The molecule has 0 radical (unpaired) electrons. The Morgan fingerprint density at radius 2 is 2.43 bits per heavy atom. The van der Waals surface area contributed by atoms with E-state index in [0.717, 1.165) is 45.2 Å². The van der Waals surface area contributed by atoms with Crippen LogP contribution in [0.1, 0.15) is 32.1 Å². The molecule has 0 aromatic heterocycles. The third-order valence-corrected chi connectivity index (χ3v) is 2.42. The van der Waals surface area contributed by atoms with Gasteiger partial charge in [-0.1, -0.05) is 0 Å². The van der Waals surface area contributed by atoms with Crippen LogP contribution < -0.4 is 10.6 Å². The summed E-state index contributed by atoms with van der Waals surface area (Å²) in [7, 11) is 0. The summed E-state index contributed by atoms with van der Waals surface area (Å²) in [4.78, 5) is 11.5. The van der Waals surface area contributed by atoms with E-state index in [4.69, 9.17) is 6.42 Å². The van der Waals surface area contributed by atoms with E-state index in [-0.39, 0.29) is 11.9 Å². The first kappa shape index (κ1) is 11.1. The minimum Gasteiger partial charge on any atom is -0.355 e. The summed E-state index contributed by atoms with van der Waals surface area (Å²) >= 11 is 0. The average molecular weight is 194 g/mol. The third-order valence-electron chi connectivity index (χ3n) is 2.42. The van der Waals surface area contributed by atoms with Crippen molar-refractivity contribution in [1.29, 1.82) is 0 Å². The highest BCUT2D eigenvalue weighted by atomic mass is 16.2. The van der Waals surface area contributed by atoms with E-state index in [0.29, 0.717) is 0 Å². The van der Waals surface area contributed by atoms with Gasteiger partial charge < -0.3 is 10.6 Å². The summed E-state index contributed by atoms with van der Waals surface area (Å²) in [6.07, 6.45) is 9.97. The van der Waals surface area contributed by atoms with Crippen molar-refractivity contribution in [3.8, 4) is 12.3 Å². The second kappa shape index (κ2) is 6.44. The fourth-order valence-electron chi connectivity index (χ4n) is 1.60. The van der Waals surface area contributed by atoms with Crippen LogP contribution in [-0.2, 0) is 4.79 Å². The van der Waals surface area contributed by atoms with Crippen molar-refractivity contribution in [3.05, 3.63) is 0 Å². The maximum Gasteiger partial charge on any atom is 0.237 e. The smallest absolute Gasteiger partial charge is 0.237 e. The molecule has 1 heterocycles. The summed E-state index contributed by atoms with van der Waals surface area (Å²) in [6, 6.07) is 0.0441. The SMILES string of the molecule is C#CCCCCNC(=O)C1CCCN1. The highest BCUT2D eigenvalue weighted by Crippen LogP contribution is 2.04. The van der Waals surface area contributed by atoms with E-state index >= 15 is 0 Å². The maximum absolute atomic E-state index is 11.5. The molecule has 3 heteroatoms. The lowest BCUT2D eigenvalue weighted by atomic mass is 10.2. The molecule has 14 heavy (non-hydrogen) atoms. The molecule has 1 aliphatic heterocycles. The molecule has 0 aromatic rings. The van der Waals surface area contributed by atoms with E-state index in [2.05, 4.69) is 16.6 Å². The second-order valence-electron chi connectivity index (χ2n) is 3.60. The Morgan fingerprint density at radius 1 is 1.57 bits per heavy atom. The molecule has 1 amide bonds. The zero-order chi connectivity index (χ0) is 10.2. The van der Waals surface area contributed by atoms with Gasteiger partial charge in [-0.2, -0.15) is 0 Å². The van der Waals surface area contributed by atoms with Crippen molar-refractivity contribution >= 4 is 5.91 Å². The zero-order valence-electron chi connectivity index (χ0n) is 8.51. The Morgan fingerprint density at radius 3 is 3.07 bits per heavy atom. The number of amides is 1. The number of hydrogen-bond acceptors (Lipinski definition) is 2. The van der Waals surface area contributed by atoms with Gasteiger partial charge in [-0.3, -0.25) is 4.79 Å². The van der Waals surface area contributed by atoms with Crippen LogP contribution in [0.3, 0.4) is 0 Å². The highest BCUT2D eigenvalue weighted by Gasteiger charge is 2.20. The van der Waals surface area contributed by atoms with Gasteiger partial charge in [0.15, 0.2) is 0 Å². The lowest BCUT2D eigenvalue weighted by molar-refractivity contribution is -0.122. The number of terminal acetylenes is 1. The molecule has 1 aliphatic rings. The van der Waals surface area contributed by atoms with Crippen LogP contribution >= 0.6 is 0 Å². The average Bonchev–Trinajstić information content (AvgIpc) is 2.70. The molecular formula is C11H18N2O. The molecule has 3 nitrogen and oxygen atoms in total. The molecule has 2 N–H and O–H groups in total. The zero-order valence-corrected chi connectivity index (χ0v) is 8.51. The van der Waals surface area contributed by atoms with Gasteiger partial charge in [0.1, 0.15) is 0 Å². The van der Waals surface area contributed by atoms with Gasteiger partial charge in [0.25, 0.3) is 0 Å². The van der Waals surface area contributed by atoms with Crippen molar-refractivity contribution in [2.75, 3.05) is 13.1 Å². The Balaban J connectivity index is 2.00. The summed E-state index contributed by atoms with van der Waals surface area (Å²) in [5, 5.41) is 6.08. The molecule has 1 unspecified atom stereocenters. The third kappa shape index (κ3) is 3.80. The molecule has 0 aromatic carbocycles. The topological polar surface area (TPSA) is 41.1 Å². The quantitative estimate of drug-likeness (QED) is 0.498. The van der Waals surface area contributed by atoms with Gasteiger partial charge in [-0.15, -0.1) is 12.3 Å². The van der Waals surface area contributed by atoms with E-state index in [1.54, 1.807) is 0 Å². The molecule has 0 saturated carbocycles. The lowest BCUT2D eigenvalue weighted by Gasteiger charge is -2.10. The van der Waals surface area contributed by atoms with Gasteiger partial charge in [-0.25, -0.2) is 0 Å². The minimum atomic E-state index is 0.0441. The monoisotopic (exact) mass is 194 g/mol. The summed E-state index contributed by atoms with van der Waals surface area (Å²) < 4.78 is 0. The van der Waals surface area contributed by atoms with Crippen molar-refractivity contribution in [1.82, 2.24) is 10.6 Å². The molecular weight excluding hydrogens is 176 g/mol. The predicted octanol–water partition coefficient (Wildman–Crippen LogP) is 0.658. The number of hydrogen-bond donors (Lipinski definition) is 2. The molecule has 0 spiro atoms. The van der Waals surface area contributed by atoms with Crippen LogP contribution in [0.5, 0.6) is 0 Å². The number of carbonyl (C=O) groups is 1. The first-order chi connectivity index (χ1) is 6.84. The Bertz CT molecular complexity index is 214. The van der Waals surface area contributed by atoms with Gasteiger partial charge in [0.2, 0.25) is 5.91 Å². The van der Waals surface area contributed by atoms with Crippen LogP contribution in [0.25, 0.3) is 0 Å². The number of rotatable bonds is 5. The predicted molar refractivity (Wildman–Crippen MR) is 56.7 cm³/mol. The Kier molecular flexibility index (Phi) is 5.09. The van der Waals surface area contributed by atoms with Crippen molar-refractivity contribution in [3.63, 3.8) is 0 Å². The van der Waals surface area contributed by atoms with Crippen LogP contribution in [0.2, 0.25) is 0 Å². The summed E-state index contributed by atoms with van der Waals surface area (Å²) in [5.74, 6) is 2.73. The van der Waals surface area contributed by atoms with E-state index in [9.17, 15) is 4.79 Å². The molecule has 1 rings (SSSR count). The molecule has 0 aliphatic carbocycles. The van der Waals surface area contributed by atoms with Crippen molar-refractivity contribution in [2.24, 2.45) is 0 Å². The minimum absolute atomic E-state index is 0.0441. The first-order valence-electron chi connectivity index (χ1n) is 5.29. The van der Waals surface area contributed by atoms with Gasteiger partial charge >= 0.3 is 0 Å². The van der Waals surface area contributed by atoms with Gasteiger partial charge in [0, 0.05) is 13.0 Å². The van der Waals surface area contributed by atoms with E-state index < -0.39 is 0 Å². The van der Waals surface area contributed by atoms with Gasteiger partial charge in [0.05, 0.1) is 6.04 Å². The number of unbranched alkanes of at least 4 members (excludes halogenated alkanes) is 2. The molecule has 1 fully saturated rings. The molecule has 0 bridgehead atoms. The summed E-state index contributed by atoms with van der Waals surface area (Å²) in [6.45, 7) is 1.72. The standard InChI is InChI=1S/C11H18N2O/c1-2-3-4-5-8-13-11(14)10-7-6-9-12-10/h1,10,12H,3-9H2,(H,13,14). The van der Waals surface area contributed by atoms with Crippen LogP contribution in [0, 0.1) is 12.3 Å². The highest BCUT2D eigenvalue weighted by molar-refractivity contribution is 5.81. The number of carbonyl (C=O) groups excluding carboxylic acids is 1. The van der Waals surface area contributed by atoms with E-state index in [1.165, 1.54) is 0 Å². The van der Waals surface area contributed by atoms with Gasteiger partial charge in [-0.05, 0) is 32.2 Å². The maximum atomic E-state index is 11.5. The second-order valence-corrected chi connectivity index (χ2v) is 3.60. The normalized spacial score (nSPS) is 20.4. The van der Waals surface area contributed by atoms with E-state index in [1.807, 2.05) is 0 Å². The fourth-order valence-corrected chi connectivity index (χ4v) is 1.60. The van der Waals surface area contributed by atoms with Crippen LogP contribution in [0.15, 0.2) is 0 Å². The molecule has 1 saturated heterocycles. The first-order valence-corrected chi connectivity index (χ1v) is 5.29. The lowest BCUT2D eigenvalue weighted by Crippen LogP contribution is -2.40. The Hall–Kier alpha value is -1.01. The molecule has 78 valence electrons. The largest absolute Gasteiger partial charge is 0.355 e. The molecule has 1 atom stereocenters. The van der Waals surface area contributed by atoms with Crippen molar-refractivity contribution in [2.45, 2.75) is 38.1 Å². The van der Waals surface area contributed by atoms with Crippen LogP contribution in [-0.4, -0.2) is 25.0 Å². The Labute approximate surface area is 85.6 Å². The van der Waals surface area contributed by atoms with Crippen LogP contribution in [0.4, 0.5) is 0 Å². The fraction of sp³-hybridized carbons (Fsp3) is 0.727. The van der Waals surface area contributed by atoms with Crippen molar-refractivity contribution < 1.29 is 4.79 Å². The summed E-state index contributed by atoms with van der Waals surface area (Å²) in [5.41, 5.74) is 0. The number of nitrogens with one attached hydrogen (secondary N) is 2.